The first-order valence-corrected chi connectivity index (χ1v) is 5.71. The molecular formula is C13H13NO5. The highest BCUT2D eigenvalue weighted by Gasteiger charge is 2.33. The Bertz CT molecular complexity index is 540. The molecule has 2 rings (SSSR count). The quantitative estimate of drug-likeness (QED) is 0.595. The van der Waals surface area contributed by atoms with Crippen LogP contribution in [0.5, 0.6) is 5.75 Å². The summed E-state index contributed by atoms with van der Waals surface area (Å²) in [5.41, 5.74) is 0.803. The van der Waals surface area contributed by atoms with Crippen molar-refractivity contribution in [3.05, 3.63) is 23.8 Å². The van der Waals surface area contributed by atoms with E-state index in [9.17, 15) is 14.4 Å². The first-order chi connectivity index (χ1) is 9.06. The summed E-state index contributed by atoms with van der Waals surface area (Å²) in [4.78, 5) is 35.5. The van der Waals surface area contributed by atoms with Gasteiger partial charge in [0.25, 0.3) is 5.91 Å². The predicted octanol–water partition coefficient (Wildman–Crippen LogP) is 0.786. The molecular weight excluding hydrogens is 250 g/mol. The van der Waals surface area contributed by atoms with Crippen LogP contribution in [0, 0.1) is 0 Å². The average Bonchev–Trinajstić information content (AvgIpc) is 2.43. The van der Waals surface area contributed by atoms with E-state index in [-0.39, 0.29) is 12.5 Å². The van der Waals surface area contributed by atoms with Crippen LogP contribution in [0.15, 0.2) is 18.2 Å². The molecule has 0 radical (unpaired) electrons. The standard InChI is InChI=1S/C13H13NO5/c1-8-13(17)14(6-12(16)18-2)10-5-9(7-15)3-4-11(10)19-8/h3-5,7-8H,6H2,1-2H3/t8-/m0/s1. The summed E-state index contributed by atoms with van der Waals surface area (Å²) in [7, 11) is 1.25. The maximum absolute atomic E-state index is 12.0. The second-order valence-corrected chi connectivity index (χ2v) is 4.11. The molecule has 19 heavy (non-hydrogen) atoms. The molecule has 1 amide bonds. The number of amides is 1. The fraction of sp³-hybridized carbons (Fsp3) is 0.308. The highest BCUT2D eigenvalue weighted by Crippen LogP contribution is 2.34. The Morgan fingerprint density at radius 3 is 2.89 bits per heavy atom. The van der Waals surface area contributed by atoms with E-state index in [1.807, 2.05) is 0 Å². The van der Waals surface area contributed by atoms with E-state index in [1.54, 1.807) is 19.1 Å². The molecule has 0 spiro atoms. The van der Waals surface area contributed by atoms with Gasteiger partial charge in [0.15, 0.2) is 6.10 Å². The second-order valence-electron chi connectivity index (χ2n) is 4.11. The lowest BCUT2D eigenvalue weighted by Gasteiger charge is -2.32. The van der Waals surface area contributed by atoms with Crippen LogP contribution >= 0.6 is 0 Å². The van der Waals surface area contributed by atoms with Crippen molar-refractivity contribution in [1.29, 1.82) is 0 Å². The van der Waals surface area contributed by atoms with Crippen molar-refractivity contribution in [1.82, 2.24) is 0 Å². The number of fused-ring (bicyclic) bond motifs is 1. The van der Waals surface area contributed by atoms with Crippen molar-refractivity contribution in [3.8, 4) is 5.75 Å². The number of nitrogens with zero attached hydrogens (tertiary/aromatic N) is 1. The number of benzene rings is 1. The van der Waals surface area contributed by atoms with Gasteiger partial charge in [-0.2, -0.15) is 0 Å². The highest BCUT2D eigenvalue weighted by molar-refractivity contribution is 6.03. The Morgan fingerprint density at radius 1 is 1.53 bits per heavy atom. The van der Waals surface area contributed by atoms with Crippen LogP contribution in [0.25, 0.3) is 0 Å². The molecule has 0 fully saturated rings. The van der Waals surface area contributed by atoms with Gasteiger partial charge in [-0.15, -0.1) is 0 Å². The van der Waals surface area contributed by atoms with Crippen molar-refractivity contribution in [2.45, 2.75) is 13.0 Å². The number of ether oxygens (including phenoxy) is 2. The van der Waals surface area contributed by atoms with Gasteiger partial charge < -0.3 is 9.47 Å². The number of rotatable bonds is 3. The molecule has 1 aliphatic rings. The van der Waals surface area contributed by atoms with Crippen LogP contribution in [0.4, 0.5) is 5.69 Å². The van der Waals surface area contributed by atoms with E-state index >= 15 is 0 Å². The molecule has 1 aromatic carbocycles. The molecule has 0 saturated carbocycles. The molecule has 1 aromatic rings. The van der Waals surface area contributed by atoms with Gasteiger partial charge >= 0.3 is 5.97 Å². The summed E-state index contributed by atoms with van der Waals surface area (Å²) < 4.78 is 9.99. The third-order valence-electron chi connectivity index (χ3n) is 2.84. The van der Waals surface area contributed by atoms with Crippen molar-refractivity contribution < 1.29 is 23.9 Å². The van der Waals surface area contributed by atoms with Gasteiger partial charge in [-0.05, 0) is 25.1 Å². The van der Waals surface area contributed by atoms with Crippen LogP contribution in [0.2, 0.25) is 0 Å². The minimum atomic E-state index is -0.681. The molecule has 0 saturated heterocycles. The van der Waals surface area contributed by atoms with E-state index < -0.39 is 12.1 Å². The van der Waals surface area contributed by atoms with Crippen LogP contribution < -0.4 is 9.64 Å². The number of carbonyl (C=O) groups is 3. The third-order valence-corrected chi connectivity index (χ3v) is 2.84. The van der Waals surface area contributed by atoms with Crippen LogP contribution in [-0.4, -0.2) is 37.9 Å². The molecule has 0 bridgehead atoms. The lowest BCUT2D eigenvalue weighted by molar-refractivity contribution is -0.140. The van der Waals surface area contributed by atoms with Crippen LogP contribution in [0.3, 0.4) is 0 Å². The lowest BCUT2D eigenvalue weighted by atomic mass is 10.1. The molecule has 6 heteroatoms. The van der Waals surface area contributed by atoms with E-state index in [1.165, 1.54) is 18.1 Å². The Labute approximate surface area is 109 Å². The zero-order chi connectivity index (χ0) is 14.0. The van der Waals surface area contributed by atoms with Gasteiger partial charge in [-0.1, -0.05) is 0 Å². The van der Waals surface area contributed by atoms with Crippen LogP contribution in [-0.2, 0) is 14.3 Å². The Kier molecular flexibility index (Phi) is 3.50. The number of anilines is 1. The van der Waals surface area contributed by atoms with Gasteiger partial charge in [0.1, 0.15) is 18.6 Å². The minimum Gasteiger partial charge on any atom is -0.479 e. The summed E-state index contributed by atoms with van der Waals surface area (Å²) in [6, 6.07) is 4.70. The summed E-state index contributed by atoms with van der Waals surface area (Å²) in [6.45, 7) is 1.39. The molecule has 1 heterocycles. The normalized spacial score (nSPS) is 17.5. The molecule has 100 valence electrons. The number of methoxy groups -OCH3 is 1. The monoisotopic (exact) mass is 263 g/mol. The second kappa shape index (κ2) is 5.09. The zero-order valence-electron chi connectivity index (χ0n) is 10.6. The van der Waals surface area contributed by atoms with Crippen molar-refractivity contribution in [2.75, 3.05) is 18.6 Å². The van der Waals surface area contributed by atoms with E-state index in [0.29, 0.717) is 23.3 Å². The Morgan fingerprint density at radius 2 is 2.26 bits per heavy atom. The van der Waals surface area contributed by atoms with Gasteiger partial charge in [0.05, 0.1) is 12.8 Å². The fourth-order valence-corrected chi connectivity index (χ4v) is 1.85. The van der Waals surface area contributed by atoms with E-state index in [0.717, 1.165) is 0 Å². The maximum Gasteiger partial charge on any atom is 0.325 e. The first kappa shape index (κ1) is 13.1. The minimum absolute atomic E-state index is 0.210. The zero-order valence-corrected chi connectivity index (χ0v) is 10.6. The van der Waals surface area contributed by atoms with Crippen LogP contribution in [0.1, 0.15) is 17.3 Å². The number of esters is 1. The third kappa shape index (κ3) is 2.42. The Balaban J connectivity index is 2.43. The predicted molar refractivity (Wildman–Crippen MR) is 66.3 cm³/mol. The average molecular weight is 263 g/mol. The molecule has 6 nitrogen and oxygen atoms in total. The van der Waals surface area contributed by atoms with Gasteiger partial charge in [-0.25, -0.2) is 0 Å². The molecule has 0 N–H and O–H groups in total. The number of hydrogen-bond acceptors (Lipinski definition) is 5. The molecule has 1 atom stereocenters. The molecule has 0 aliphatic carbocycles. The van der Waals surface area contributed by atoms with Gasteiger partial charge in [0, 0.05) is 5.56 Å². The SMILES string of the molecule is COC(=O)CN1C(=O)[C@H](C)Oc2ccc(C=O)cc21. The number of hydrogen-bond donors (Lipinski definition) is 0. The van der Waals surface area contributed by atoms with Gasteiger partial charge in [0.2, 0.25) is 0 Å². The Hall–Kier alpha value is -2.37. The number of aldehydes is 1. The summed E-state index contributed by atoms with van der Waals surface area (Å²) in [5, 5.41) is 0. The topological polar surface area (TPSA) is 72.9 Å². The molecule has 0 aromatic heterocycles. The van der Waals surface area contributed by atoms with E-state index in [2.05, 4.69) is 4.74 Å². The first-order valence-electron chi connectivity index (χ1n) is 5.71. The summed E-state index contributed by atoms with van der Waals surface area (Å²) in [6.07, 6.45) is -0.0155. The molecule has 1 aliphatic heterocycles. The summed E-state index contributed by atoms with van der Waals surface area (Å²) in [5.74, 6) is -0.424. The fourth-order valence-electron chi connectivity index (χ4n) is 1.85. The van der Waals surface area contributed by atoms with Crippen molar-refractivity contribution in [3.63, 3.8) is 0 Å². The number of carbonyl (C=O) groups excluding carboxylic acids is 3. The highest BCUT2D eigenvalue weighted by atomic mass is 16.5. The van der Waals surface area contributed by atoms with Crippen molar-refractivity contribution >= 4 is 23.9 Å². The maximum atomic E-state index is 12.0. The van der Waals surface area contributed by atoms with E-state index in [4.69, 9.17) is 4.74 Å². The van der Waals surface area contributed by atoms with Crippen molar-refractivity contribution in [2.24, 2.45) is 0 Å². The largest absolute Gasteiger partial charge is 0.479 e. The molecule has 0 unspecified atom stereocenters. The summed E-state index contributed by atoms with van der Waals surface area (Å²) >= 11 is 0. The lowest BCUT2D eigenvalue weighted by Crippen LogP contribution is -2.47. The smallest absolute Gasteiger partial charge is 0.325 e. The van der Waals surface area contributed by atoms with Gasteiger partial charge in [-0.3, -0.25) is 19.3 Å².